The molecule has 3 aromatic rings. The number of hydrogen-bond acceptors (Lipinski definition) is 8. The van der Waals surface area contributed by atoms with Gasteiger partial charge in [0.1, 0.15) is 11.6 Å². The summed E-state index contributed by atoms with van der Waals surface area (Å²) < 4.78 is 32.8. The van der Waals surface area contributed by atoms with Gasteiger partial charge in [0.2, 0.25) is 0 Å². The summed E-state index contributed by atoms with van der Waals surface area (Å²) in [7, 11) is 3.38. The van der Waals surface area contributed by atoms with Crippen molar-refractivity contribution in [1.82, 2.24) is 9.80 Å². The summed E-state index contributed by atoms with van der Waals surface area (Å²) in [5.74, 6) is -1.04. The molecule has 2 atom stereocenters. The zero-order valence-electron chi connectivity index (χ0n) is 25.7. The van der Waals surface area contributed by atoms with E-state index in [1.807, 2.05) is 12.1 Å². The molecule has 4 heterocycles. The number of halogens is 3. The first kappa shape index (κ1) is 31.1. The lowest BCUT2D eigenvalue weighted by Crippen LogP contribution is -2.46. The zero-order chi connectivity index (χ0) is 32.1. The van der Waals surface area contributed by atoms with Crippen LogP contribution >= 0.6 is 23.2 Å². The van der Waals surface area contributed by atoms with Gasteiger partial charge in [-0.2, -0.15) is 0 Å². The normalized spacial score (nSPS) is 21.2. The zero-order valence-corrected chi connectivity index (χ0v) is 27.2. The second-order valence-electron chi connectivity index (χ2n) is 12.3. The molecule has 4 aliphatic heterocycles. The molecule has 1 amide bonds. The Balaban J connectivity index is 1.18. The molecule has 12 heteroatoms. The second-order valence-corrected chi connectivity index (χ2v) is 13.1. The number of hydrogen-bond donors (Lipinski definition) is 0. The van der Waals surface area contributed by atoms with E-state index < -0.39 is 11.8 Å². The Labute approximate surface area is 277 Å². The second kappa shape index (κ2) is 12.6. The Bertz CT molecular complexity index is 1660. The minimum atomic E-state index is -0.597. The maximum absolute atomic E-state index is 15.9. The van der Waals surface area contributed by atoms with Crippen molar-refractivity contribution in [1.29, 1.82) is 0 Å². The Morgan fingerprint density at radius 2 is 1.65 bits per heavy atom. The van der Waals surface area contributed by atoms with Gasteiger partial charge < -0.3 is 33.8 Å². The third-order valence-corrected chi connectivity index (χ3v) is 10.1. The molecule has 0 saturated carbocycles. The van der Waals surface area contributed by atoms with Crippen LogP contribution in [0.2, 0.25) is 10.0 Å². The molecule has 0 spiro atoms. The van der Waals surface area contributed by atoms with Crippen molar-refractivity contribution in [3.05, 3.63) is 75.0 Å². The van der Waals surface area contributed by atoms with Crippen molar-refractivity contribution >= 4 is 46.5 Å². The van der Waals surface area contributed by atoms with Crippen LogP contribution in [0.5, 0.6) is 5.75 Å². The number of rotatable bonds is 5. The van der Waals surface area contributed by atoms with Gasteiger partial charge >= 0.3 is 5.97 Å². The monoisotopic (exact) mass is 668 g/mol. The summed E-state index contributed by atoms with van der Waals surface area (Å²) in [4.78, 5) is 34.7. The number of likely N-dealkylation sites (N-methyl/N-ethyl adjacent to an activating group) is 1. The van der Waals surface area contributed by atoms with Gasteiger partial charge in [-0.05, 0) is 44.2 Å². The number of nitrogens with zero attached hydrogens (tertiary/aromatic N) is 4. The minimum Gasteiger partial charge on any atom is -0.472 e. The number of carbonyl (C=O) groups is 2. The topological polar surface area (TPSA) is 74.8 Å². The summed E-state index contributed by atoms with van der Waals surface area (Å²) >= 11 is 13.3. The number of para-hydroxylation sites is 1. The predicted octanol–water partition coefficient (Wildman–Crippen LogP) is 5.70. The van der Waals surface area contributed by atoms with E-state index in [1.54, 1.807) is 24.3 Å². The first-order valence-electron chi connectivity index (χ1n) is 15.5. The van der Waals surface area contributed by atoms with E-state index in [-0.39, 0.29) is 52.4 Å². The van der Waals surface area contributed by atoms with Crippen molar-refractivity contribution in [2.24, 2.45) is 0 Å². The van der Waals surface area contributed by atoms with Crippen LogP contribution in [0.4, 0.5) is 15.8 Å². The Morgan fingerprint density at radius 1 is 0.957 bits per heavy atom. The molecule has 0 aromatic heterocycles. The summed E-state index contributed by atoms with van der Waals surface area (Å²) in [6.07, 6.45) is 1.86. The van der Waals surface area contributed by atoms with Crippen LogP contribution in [0, 0.1) is 5.82 Å². The molecule has 0 aliphatic carbocycles. The molecule has 3 fully saturated rings. The quantitative estimate of drug-likeness (QED) is 0.321. The summed E-state index contributed by atoms with van der Waals surface area (Å²) in [6, 6.07) is 12.2. The lowest BCUT2D eigenvalue weighted by atomic mass is 9.96. The van der Waals surface area contributed by atoms with Gasteiger partial charge in [-0.15, -0.1) is 0 Å². The number of ether oxygens (including phenoxy) is 3. The lowest BCUT2D eigenvalue weighted by molar-refractivity contribution is 0.0515. The van der Waals surface area contributed by atoms with Crippen molar-refractivity contribution in [2.45, 2.75) is 31.5 Å². The number of anilines is 2. The highest BCUT2D eigenvalue weighted by Gasteiger charge is 2.40. The van der Waals surface area contributed by atoms with Crippen molar-refractivity contribution < 1.29 is 28.2 Å². The van der Waals surface area contributed by atoms with Crippen LogP contribution in [0.1, 0.15) is 39.1 Å². The third kappa shape index (κ3) is 5.55. The van der Waals surface area contributed by atoms with Crippen molar-refractivity contribution in [2.75, 3.05) is 70.1 Å². The number of fused-ring (bicyclic) bond motifs is 3. The van der Waals surface area contributed by atoms with Gasteiger partial charge in [0, 0.05) is 48.6 Å². The van der Waals surface area contributed by atoms with E-state index >= 15 is 4.39 Å². The number of esters is 1. The molecule has 0 N–H and O–H groups in total. The molecule has 242 valence electrons. The highest BCUT2D eigenvalue weighted by Crippen LogP contribution is 2.43. The minimum absolute atomic E-state index is 0.0714. The van der Waals surface area contributed by atoms with Crippen LogP contribution < -0.4 is 14.5 Å². The molecule has 4 aliphatic rings. The van der Waals surface area contributed by atoms with Gasteiger partial charge in [-0.25, -0.2) is 9.18 Å². The Hall–Kier alpha value is -3.57. The molecule has 2 unspecified atom stereocenters. The number of carbonyl (C=O) groups excluding carboxylic acids is 2. The fourth-order valence-electron chi connectivity index (χ4n) is 7.06. The average Bonchev–Trinajstić information content (AvgIpc) is 3.30. The lowest BCUT2D eigenvalue weighted by Gasteiger charge is -2.38. The summed E-state index contributed by atoms with van der Waals surface area (Å²) in [5, 5.41) is 0.562. The van der Waals surface area contributed by atoms with Crippen LogP contribution in [0.25, 0.3) is 11.1 Å². The smallest absolute Gasteiger partial charge is 0.340 e. The maximum atomic E-state index is 15.9. The van der Waals surface area contributed by atoms with E-state index in [0.29, 0.717) is 41.3 Å². The fourth-order valence-corrected chi connectivity index (χ4v) is 7.70. The summed E-state index contributed by atoms with van der Waals surface area (Å²) in [6.45, 7) is 4.78. The van der Waals surface area contributed by atoms with Crippen molar-refractivity contribution in [3.8, 4) is 16.9 Å². The molecule has 7 rings (SSSR count). The molecule has 0 radical (unpaired) electrons. The van der Waals surface area contributed by atoms with E-state index in [4.69, 9.17) is 37.4 Å². The van der Waals surface area contributed by atoms with E-state index in [2.05, 4.69) is 21.7 Å². The maximum Gasteiger partial charge on any atom is 0.340 e. The molecule has 46 heavy (non-hydrogen) atoms. The Kier molecular flexibility index (Phi) is 8.48. The van der Waals surface area contributed by atoms with E-state index in [9.17, 15) is 9.59 Å². The van der Waals surface area contributed by atoms with Crippen LogP contribution in [0.15, 0.2) is 42.5 Å². The number of piperazine rings is 1. The number of amides is 1. The Morgan fingerprint density at radius 3 is 2.33 bits per heavy atom. The van der Waals surface area contributed by atoms with Gasteiger partial charge in [-0.3, -0.25) is 4.79 Å². The average molecular weight is 670 g/mol. The van der Waals surface area contributed by atoms with Gasteiger partial charge in [-0.1, -0.05) is 41.4 Å². The molecule has 2 bridgehead atoms. The molecule has 9 nitrogen and oxygen atoms in total. The van der Waals surface area contributed by atoms with Crippen LogP contribution in [0.3, 0.4) is 0 Å². The van der Waals surface area contributed by atoms with Crippen molar-refractivity contribution in [3.63, 3.8) is 0 Å². The highest BCUT2D eigenvalue weighted by atomic mass is 35.5. The standard InChI is InChI=1S/C34H35Cl2FN4O5/c1-38-8-10-39(11-9-38)23-12-27(35)31(28(36)13-23)33(42)40-16-20-4-3-5-24(32(20)46-19-40)25-15-30(26(14-29(25)37)34(43)44-2)41-21-6-7-22(41)18-45-17-21/h3-5,12-15,21-22H,6-11,16-19H2,1-2H3. The van der Waals surface area contributed by atoms with Crippen LogP contribution in [-0.2, 0) is 16.0 Å². The third-order valence-electron chi connectivity index (χ3n) is 9.52. The molecule has 3 saturated heterocycles. The first-order chi connectivity index (χ1) is 22.2. The van der Waals surface area contributed by atoms with Crippen LogP contribution in [-0.4, -0.2) is 94.0 Å². The highest BCUT2D eigenvalue weighted by molar-refractivity contribution is 6.40. The first-order valence-corrected chi connectivity index (χ1v) is 16.2. The van der Waals surface area contributed by atoms with Gasteiger partial charge in [0.05, 0.1) is 65.8 Å². The number of benzene rings is 3. The molecular weight excluding hydrogens is 634 g/mol. The SMILES string of the molecule is COC(=O)c1cc(F)c(-c2cccc3c2OCN(C(=O)c2c(Cl)cc(N4CCN(C)CC4)cc2Cl)C3)cc1N1C2CCC1COC2. The molecular formula is C34H35Cl2FN4O5. The van der Waals surface area contributed by atoms with Gasteiger partial charge in [0.15, 0.2) is 6.73 Å². The number of methoxy groups -OCH3 is 1. The number of morpholine rings is 1. The fraction of sp³-hybridized carbons (Fsp3) is 0.412. The van der Waals surface area contributed by atoms with E-state index in [1.165, 1.54) is 18.1 Å². The predicted molar refractivity (Wildman–Crippen MR) is 175 cm³/mol. The van der Waals surface area contributed by atoms with Gasteiger partial charge in [0.25, 0.3) is 5.91 Å². The summed E-state index contributed by atoms with van der Waals surface area (Å²) in [5.41, 5.74) is 3.45. The molecule has 3 aromatic carbocycles. The van der Waals surface area contributed by atoms with E-state index in [0.717, 1.165) is 44.7 Å². The largest absolute Gasteiger partial charge is 0.472 e.